The summed E-state index contributed by atoms with van der Waals surface area (Å²) in [7, 11) is -3.85. The molecular weight excluding hydrogens is 308 g/mol. The Bertz CT molecular complexity index is 743. The summed E-state index contributed by atoms with van der Waals surface area (Å²) in [6, 6.07) is 7.23. The minimum atomic E-state index is -3.85. The summed E-state index contributed by atoms with van der Waals surface area (Å²) in [5.41, 5.74) is 5.75. The predicted molar refractivity (Wildman–Crippen MR) is 73.1 cm³/mol. The Morgan fingerprint density at radius 1 is 1.10 bits per heavy atom. The van der Waals surface area contributed by atoms with E-state index < -0.39 is 27.2 Å². The van der Waals surface area contributed by atoms with Gasteiger partial charge in [0.25, 0.3) is 0 Å². The van der Waals surface area contributed by atoms with Gasteiger partial charge in [-0.3, -0.25) is 0 Å². The number of hydrogen-bond donors (Lipinski definition) is 1. The highest BCUT2D eigenvalue weighted by Gasteiger charge is 2.22. The fourth-order valence-corrected chi connectivity index (χ4v) is 3.86. The van der Waals surface area contributed by atoms with Gasteiger partial charge in [0, 0.05) is 0 Å². The lowest BCUT2D eigenvalue weighted by Crippen LogP contribution is -2.09. The smallest absolute Gasteiger partial charge is 0.186 e. The lowest BCUT2D eigenvalue weighted by molar-refractivity contribution is 0.507. The molecule has 0 saturated carbocycles. The van der Waals surface area contributed by atoms with Gasteiger partial charge in [0.1, 0.15) is 4.90 Å². The second kappa shape index (κ2) is 5.38. The van der Waals surface area contributed by atoms with Crippen LogP contribution in [0.3, 0.4) is 0 Å². The van der Waals surface area contributed by atoms with Gasteiger partial charge in [-0.25, -0.2) is 17.2 Å². The summed E-state index contributed by atoms with van der Waals surface area (Å²) < 4.78 is 50.4. The van der Waals surface area contributed by atoms with E-state index in [0.29, 0.717) is 0 Å². The topological polar surface area (TPSA) is 60.2 Å². The summed E-state index contributed by atoms with van der Waals surface area (Å²) in [4.78, 5) is -0.202. The van der Waals surface area contributed by atoms with Crippen LogP contribution in [0.2, 0.25) is 5.02 Å². The van der Waals surface area contributed by atoms with Gasteiger partial charge in [0.2, 0.25) is 0 Å². The molecule has 0 radical (unpaired) electrons. The Morgan fingerprint density at radius 3 is 2.40 bits per heavy atom. The fourth-order valence-electron chi connectivity index (χ4n) is 1.77. The molecular formula is C13H10ClF2NO2S. The second-order valence-corrected chi connectivity index (χ2v) is 6.50. The molecule has 2 N–H and O–H groups in total. The molecule has 0 aliphatic rings. The number of sulfone groups is 1. The summed E-state index contributed by atoms with van der Waals surface area (Å²) in [5.74, 6) is -2.66. The molecule has 2 aromatic carbocycles. The van der Waals surface area contributed by atoms with Crippen molar-refractivity contribution < 1.29 is 17.2 Å². The van der Waals surface area contributed by atoms with E-state index in [1.54, 1.807) is 0 Å². The van der Waals surface area contributed by atoms with Gasteiger partial charge in [0.15, 0.2) is 21.5 Å². The molecule has 0 heterocycles. The Hall–Kier alpha value is -1.66. The van der Waals surface area contributed by atoms with E-state index in [2.05, 4.69) is 0 Å². The molecule has 3 nitrogen and oxygen atoms in total. The van der Waals surface area contributed by atoms with Crippen molar-refractivity contribution in [2.75, 3.05) is 5.73 Å². The van der Waals surface area contributed by atoms with Gasteiger partial charge in [-0.1, -0.05) is 23.7 Å². The first kappa shape index (κ1) is 14.7. The highest BCUT2D eigenvalue weighted by atomic mass is 35.5. The molecule has 106 valence electrons. The van der Waals surface area contributed by atoms with Crippen LogP contribution in [-0.2, 0) is 15.6 Å². The Labute approximate surface area is 119 Å². The monoisotopic (exact) mass is 317 g/mol. The van der Waals surface area contributed by atoms with Crippen LogP contribution in [-0.4, -0.2) is 8.42 Å². The average Bonchev–Trinajstić information content (AvgIpc) is 2.33. The van der Waals surface area contributed by atoms with Gasteiger partial charge in [-0.05, 0) is 29.8 Å². The van der Waals surface area contributed by atoms with Crippen LogP contribution >= 0.6 is 11.6 Å². The van der Waals surface area contributed by atoms with Gasteiger partial charge < -0.3 is 5.73 Å². The summed E-state index contributed by atoms with van der Waals surface area (Å²) >= 11 is 5.84. The molecule has 2 rings (SSSR count). The van der Waals surface area contributed by atoms with Crippen molar-refractivity contribution in [3.8, 4) is 0 Å². The Balaban J connectivity index is 2.43. The molecule has 0 atom stereocenters. The van der Waals surface area contributed by atoms with E-state index in [1.807, 2.05) is 0 Å². The third-order valence-corrected chi connectivity index (χ3v) is 4.87. The molecule has 0 aliphatic heterocycles. The van der Waals surface area contributed by atoms with Crippen molar-refractivity contribution in [1.82, 2.24) is 0 Å². The van der Waals surface area contributed by atoms with Crippen LogP contribution in [0.25, 0.3) is 0 Å². The first-order valence-electron chi connectivity index (χ1n) is 5.52. The standard InChI is InChI=1S/C13H10ClF2NO2S/c14-9-2-1-3-12(17)13(9)20(18,19)7-8-4-5-10(15)11(16)6-8/h1-6H,7,17H2. The van der Waals surface area contributed by atoms with Crippen molar-refractivity contribution in [2.45, 2.75) is 10.6 Å². The van der Waals surface area contributed by atoms with E-state index in [4.69, 9.17) is 17.3 Å². The molecule has 0 saturated heterocycles. The third-order valence-electron chi connectivity index (χ3n) is 2.65. The maximum absolute atomic E-state index is 13.1. The molecule has 7 heteroatoms. The van der Waals surface area contributed by atoms with E-state index in [-0.39, 0.29) is 21.2 Å². The fraction of sp³-hybridized carbons (Fsp3) is 0.0769. The molecule has 0 bridgehead atoms. The van der Waals surface area contributed by atoms with Crippen LogP contribution in [0.4, 0.5) is 14.5 Å². The van der Waals surface area contributed by atoms with E-state index in [1.165, 1.54) is 24.3 Å². The van der Waals surface area contributed by atoms with E-state index >= 15 is 0 Å². The van der Waals surface area contributed by atoms with Gasteiger partial charge in [-0.15, -0.1) is 0 Å². The number of nitrogen functional groups attached to an aromatic ring is 1. The summed E-state index contributed by atoms with van der Waals surface area (Å²) in [6.07, 6.45) is 0. The first-order valence-corrected chi connectivity index (χ1v) is 7.55. The van der Waals surface area contributed by atoms with Gasteiger partial charge in [-0.2, -0.15) is 0 Å². The SMILES string of the molecule is Nc1cccc(Cl)c1S(=O)(=O)Cc1ccc(F)c(F)c1. The van der Waals surface area contributed by atoms with Crippen molar-refractivity contribution in [1.29, 1.82) is 0 Å². The lowest BCUT2D eigenvalue weighted by atomic mass is 10.2. The highest BCUT2D eigenvalue weighted by Crippen LogP contribution is 2.30. The molecule has 0 aromatic heterocycles. The molecule has 2 aromatic rings. The van der Waals surface area contributed by atoms with Crippen LogP contribution in [0.1, 0.15) is 5.56 Å². The zero-order valence-corrected chi connectivity index (χ0v) is 11.7. The normalized spacial score (nSPS) is 11.6. The van der Waals surface area contributed by atoms with E-state index in [9.17, 15) is 17.2 Å². The quantitative estimate of drug-likeness (QED) is 0.884. The number of benzene rings is 2. The molecule has 20 heavy (non-hydrogen) atoms. The maximum Gasteiger partial charge on any atom is 0.186 e. The molecule has 0 fully saturated rings. The van der Waals surface area contributed by atoms with Crippen molar-refractivity contribution >= 4 is 27.1 Å². The molecule has 0 aliphatic carbocycles. The minimum Gasteiger partial charge on any atom is -0.398 e. The highest BCUT2D eigenvalue weighted by molar-refractivity contribution is 7.91. The number of rotatable bonds is 3. The van der Waals surface area contributed by atoms with Crippen LogP contribution in [0.5, 0.6) is 0 Å². The molecule has 0 amide bonds. The number of halogens is 3. The molecule has 0 spiro atoms. The number of nitrogens with two attached hydrogens (primary N) is 1. The zero-order valence-electron chi connectivity index (χ0n) is 10.1. The Kier molecular flexibility index (Phi) is 3.96. The van der Waals surface area contributed by atoms with Crippen molar-refractivity contribution in [2.24, 2.45) is 0 Å². The van der Waals surface area contributed by atoms with Crippen LogP contribution < -0.4 is 5.73 Å². The van der Waals surface area contributed by atoms with E-state index in [0.717, 1.165) is 12.1 Å². The average molecular weight is 318 g/mol. The summed E-state index contributed by atoms with van der Waals surface area (Å²) in [5, 5.41) is -0.00687. The Morgan fingerprint density at radius 2 is 1.80 bits per heavy atom. The van der Waals surface area contributed by atoms with Crippen LogP contribution in [0.15, 0.2) is 41.3 Å². The summed E-state index contributed by atoms with van der Waals surface area (Å²) in [6.45, 7) is 0. The predicted octanol–water partition coefficient (Wildman–Crippen LogP) is 3.17. The number of hydrogen-bond acceptors (Lipinski definition) is 3. The van der Waals surface area contributed by atoms with Gasteiger partial charge >= 0.3 is 0 Å². The van der Waals surface area contributed by atoms with Crippen molar-refractivity contribution in [3.63, 3.8) is 0 Å². The van der Waals surface area contributed by atoms with Crippen LogP contribution in [0, 0.1) is 11.6 Å². The minimum absolute atomic E-state index is 0.00687. The third kappa shape index (κ3) is 2.91. The second-order valence-electron chi connectivity index (χ2n) is 4.17. The first-order chi connectivity index (χ1) is 9.31. The molecule has 0 unspecified atom stereocenters. The lowest BCUT2D eigenvalue weighted by Gasteiger charge is -2.09. The number of anilines is 1. The largest absolute Gasteiger partial charge is 0.398 e. The van der Waals surface area contributed by atoms with Gasteiger partial charge in [0.05, 0.1) is 16.5 Å². The van der Waals surface area contributed by atoms with Crippen molar-refractivity contribution in [3.05, 3.63) is 58.6 Å². The maximum atomic E-state index is 13.1. The zero-order chi connectivity index (χ0) is 14.9.